The second-order valence-corrected chi connectivity index (χ2v) is 3.67. The number of hydrogen-bond acceptors (Lipinski definition) is 4. The molecule has 0 saturated carbocycles. The van der Waals surface area contributed by atoms with Gasteiger partial charge in [0.25, 0.3) is 0 Å². The van der Waals surface area contributed by atoms with Gasteiger partial charge in [0.1, 0.15) is 5.75 Å². The molecule has 0 atom stereocenters. The van der Waals surface area contributed by atoms with Gasteiger partial charge in [-0.3, -0.25) is 4.79 Å². The molecule has 0 bridgehead atoms. The summed E-state index contributed by atoms with van der Waals surface area (Å²) in [4.78, 5) is 11.3. The molecular formula is C13H13F2NO3. The number of carbonyl (C=O) groups excluding carboxylic acids is 1. The zero-order valence-corrected chi connectivity index (χ0v) is 10.6. The first-order valence-corrected chi connectivity index (χ1v) is 5.59. The Balaban J connectivity index is 3.31. The van der Waals surface area contributed by atoms with Crippen LogP contribution in [0.25, 0.3) is 0 Å². The van der Waals surface area contributed by atoms with Crippen LogP contribution in [-0.2, 0) is 22.4 Å². The quantitative estimate of drug-likeness (QED) is 0.770. The molecule has 0 saturated heterocycles. The van der Waals surface area contributed by atoms with Gasteiger partial charge in [-0.05, 0) is 24.1 Å². The lowest BCUT2D eigenvalue weighted by molar-refractivity contribution is -0.139. The molecule has 0 unspecified atom stereocenters. The van der Waals surface area contributed by atoms with Crippen LogP contribution in [0.2, 0.25) is 0 Å². The monoisotopic (exact) mass is 269 g/mol. The summed E-state index contributed by atoms with van der Waals surface area (Å²) in [7, 11) is 1.20. The first-order valence-electron chi connectivity index (χ1n) is 5.59. The number of hydrogen-bond donors (Lipinski definition) is 0. The Hall–Kier alpha value is -2.16. The Morgan fingerprint density at radius 3 is 2.58 bits per heavy atom. The van der Waals surface area contributed by atoms with Gasteiger partial charge < -0.3 is 9.47 Å². The number of nitriles is 1. The molecule has 1 aromatic rings. The fourth-order valence-corrected chi connectivity index (χ4v) is 1.80. The van der Waals surface area contributed by atoms with Crippen LogP contribution >= 0.6 is 0 Å². The molecule has 0 amide bonds. The molecule has 0 fully saturated rings. The van der Waals surface area contributed by atoms with E-state index in [-0.39, 0.29) is 17.7 Å². The average molecular weight is 269 g/mol. The maximum atomic E-state index is 12.3. The second kappa shape index (κ2) is 6.69. The molecule has 102 valence electrons. The molecule has 0 radical (unpaired) electrons. The standard InChI is InChI=1S/C13H13F2NO3/c1-3-9-8(7-16)4-5-11(19-13(14)15)10(9)6-12(17)18-2/h4-5,13H,3,6H2,1-2H3. The van der Waals surface area contributed by atoms with E-state index < -0.39 is 12.6 Å². The Labute approximate surface area is 109 Å². The predicted octanol–water partition coefficient (Wildman–Crippen LogP) is 2.44. The highest BCUT2D eigenvalue weighted by atomic mass is 19.3. The van der Waals surface area contributed by atoms with Crippen molar-refractivity contribution < 1.29 is 23.0 Å². The van der Waals surface area contributed by atoms with Crippen molar-refractivity contribution in [2.75, 3.05) is 7.11 Å². The summed E-state index contributed by atoms with van der Waals surface area (Å²) in [5, 5.41) is 8.98. The molecule has 0 heterocycles. The van der Waals surface area contributed by atoms with Crippen molar-refractivity contribution in [2.45, 2.75) is 26.4 Å². The van der Waals surface area contributed by atoms with Crippen molar-refractivity contribution in [3.63, 3.8) is 0 Å². The number of alkyl halides is 2. The maximum absolute atomic E-state index is 12.3. The number of benzene rings is 1. The smallest absolute Gasteiger partial charge is 0.387 e. The van der Waals surface area contributed by atoms with E-state index in [0.29, 0.717) is 17.5 Å². The molecule has 1 aromatic carbocycles. The van der Waals surface area contributed by atoms with Gasteiger partial charge in [0.2, 0.25) is 0 Å². The predicted molar refractivity (Wildman–Crippen MR) is 62.9 cm³/mol. The van der Waals surface area contributed by atoms with E-state index in [2.05, 4.69) is 9.47 Å². The molecule has 6 heteroatoms. The van der Waals surface area contributed by atoms with Gasteiger partial charge in [0, 0.05) is 5.56 Å². The minimum atomic E-state index is -2.99. The topological polar surface area (TPSA) is 59.3 Å². The van der Waals surface area contributed by atoms with Gasteiger partial charge in [-0.25, -0.2) is 0 Å². The zero-order valence-electron chi connectivity index (χ0n) is 10.6. The van der Waals surface area contributed by atoms with Crippen LogP contribution < -0.4 is 4.74 Å². The summed E-state index contributed by atoms with van der Waals surface area (Å²) < 4.78 is 33.6. The highest BCUT2D eigenvalue weighted by Crippen LogP contribution is 2.28. The lowest BCUT2D eigenvalue weighted by Gasteiger charge is -2.15. The Bertz CT molecular complexity index is 509. The molecule has 0 aliphatic heterocycles. The van der Waals surface area contributed by atoms with Gasteiger partial charge in [-0.15, -0.1) is 0 Å². The molecular weight excluding hydrogens is 256 g/mol. The summed E-state index contributed by atoms with van der Waals surface area (Å²) in [6.07, 6.45) is 0.215. The van der Waals surface area contributed by atoms with Gasteiger partial charge in [0.15, 0.2) is 0 Å². The minimum absolute atomic E-state index is 0.101. The van der Waals surface area contributed by atoms with E-state index in [1.165, 1.54) is 19.2 Å². The van der Waals surface area contributed by atoms with Crippen LogP contribution in [0.4, 0.5) is 8.78 Å². The largest absolute Gasteiger partial charge is 0.469 e. The molecule has 0 aliphatic carbocycles. The molecule has 19 heavy (non-hydrogen) atoms. The Kier molecular flexibility index (Phi) is 5.24. The van der Waals surface area contributed by atoms with Crippen LogP contribution in [-0.4, -0.2) is 19.7 Å². The number of ether oxygens (including phenoxy) is 2. The van der Waals surface area contributed by atoms with Gasteiger partial charge in [-0.2, -0.15) is 14.0 Å². The van der Waals surface area contributed by atoms with Crippen molar-refractivity contribution >= 4 is 5.97 Å². The van der Waals surface area contributed by atoms with Crippen molar-refractivity contribution in [1.29, 1.82) is 5.26 Å². The first-order chi connectivity index (χ1) is 9.03. The van der Waals surface area contributed by atoms with E-state index >= 15 is 0 Å². The van der Waals surface area contributed by atoms with Crippen LogP contribution in [0.1, 0.15) is 23.6 Å². The normalized spacial score (nSPS) is 10.1. The third-order valence-corrected chi connectivity index (χ3v) is 2.63. The maximum Gasteiger partial charge on any atom is 0.387 e. The van der Waals surface area contributed by atoms with Crippen molar-refractivity contribution in [3.05, 3.63) is 28.8 Å². The summed E-state index contributed by atoms with van der Waals surface area (Å²) in [5.41, 5.74) is 1.13. The molecule has 0 N–H and O–H groups in total. The van der Waals surface area contributed by atoms with Crippen molar-refractivity contribution in [1.82, 2.24) is 0 Å². The van der Waals surface area contributed by atoms with E-state index in [9.17, 15) is 13.6 Å². The van der Waals surface area contributed by atoms with E-state index in [0.717, 1.165) is 0 Å². The van der Waals surface area contributed by atoms with Crippen molar-refractivity contribution in [3.8, 4) is 11.8 Å². The third-order valence-electron chi connectivity index (χ3n) is 2.63. The highest BCUT2D eigenvalue weighted by molar-refractivity contribution is 5.74. The summed E-state index contributed by atoms with van der Waals surface area (Å²) >= 11 is 0. The van der Waals surface area contributed by atoms with Gasteiger partial charge in [-0.1, -0.05) is 6.92 Å². The van der Waals surface area contributed by atoms with Gasteiger partial charge >= 0.3 is 12.6 Å². The zero-order chi connectivity index (χ0) is 14.4. The van der Waals surface area contributed by atoms with Crippen LogP contribution in [0.15, 0.2) is 12.1 Å². The number of carbonyl (C=O) groups is 1. The minimum Gasteiger partial charge on any atom is -0.469 e. The third kappa shape index (κ3) is 3.65. The van der Waals surface area contributed by atoms with E-state index in [1.807, 2.05) is 6.07 Å². The number of halogens is 2. The van der Waals surface area contributed by atoms with E-state index in [1.54, 1.807) is 6.92 Å². The lowest BCUT2D eigenvalue weighted by Crippen LogP contribution is -2.12. The lowest BCUT2D eigenvalue weighted by atomic mass is 9.96. The Morgan fingerprint density at radius 1 is 1.42 bits per heavy atom. The van der Waals surface area contributed by atoms with Crippen LogP contribution in [0, 0.1) is 11.3 Å². The Morgan fingerprint density at radius 2 is 2.11 bits per heavy atom. The summed E-state index contributed by atoms with van der Waals surface area (Å²) in [6, 6.07) is 4.63. The van der Waals surface area contributed by atoms with Crippen molar-refractivity contribution in [2.24, 2.45) is 0 Å². The van der Waals surface area contributed by atoms with Crippen LogP contribution in [0.3, 0.4) is 0 Å². The number of rotatable bonds is 5. The first kappa shape index (κ1) is 14.9. The number of methoxy groups -OCH3 is 1. The number of esters is 1. The highest BCUT2D eigenvalue weighted by Gasteiger charge is 2.18. The fourth-order valence-electron chi connectivity index (χ4n) is 1.80. The fraction of sp³-hybridized carbons (Fsp3) is 0.385. The van der Waals surface area contributed by atoms with E-state index in [4.69, 9.17) is 5.26 Å². The summed E-state index contributed by atoms with van der Waals surface area (Å²) in [6.45, 7) is -1.22. The average Bonchev–Trinajstić information content (AvgIpc) is 2.39. The van der Waals surface area contributed by atoms with Crippen LogP contribution in [0.5, 0.6) is 5.75 Å². The van der Waals surface area contributed by atoms with Gasteiger partial charge in [0.05, 0.1) is 25.2 Å². The molecule has 0 aliphatic rings. The SMILES string of the molecule is CCc1c(C#N)ccc(OC(F)F)c1CC(=O)OC. The summed E-state index contributed by atoms with van der Waals surface area (Å²) in [5.74, 6) is -0.680. The second-order valence-electron chi connectivity index (χ2n) is 3.67. The molecule has 1 rings (SSSR count). The molecule has 0 aromatic heterocycles. The molecule has 0 spiro atoms. The molecule has 4 nitrogen and oxygen atoms in total. The number of nitrogens with zero attached hydrogens (tertiary/aromatic N) is 1.